The first kappa shape index (κ1) is 15.5. The number of halogens is 1. The topological polar surface area (TPSA) is 90.2 Å². The number of nitrogens with zero attached hydrogens (tertiary/aromatic N) is 1. The molecule has 1 aromatic carbocycles. The molecule has 1 saturated carbocycles. The van der Waals surface area contributed by atoms with E-state index in [9.17, 15) is 14.7 Å². The molecule has 21 heavy (non-hydrogen) atoms. The number of carbonyl (C=O) groups is 2. The van der Waals surface area contributed by atoms with Crippen molar-refractivity contribution in [3.8, 4) is 6.07 Å². The van der Waals surface area contributed by atoms with E-state index in [-0.39, 0.29) is 5.91 Å². The first-order chi connectivity index (χ1) is 10.0. The van der Waals surface area contributed by atoms with Crippen molar-refractivity contribution in [3.63, 3.8) is 0 Å². The lowest BCUT2D eigenvalue weighted by Gasteiger charge is -2.27. The summed E-state index contributed by atoms with van der Waals surface area (Å²) in [6.45, 7) is 0. The number of anilines is 1. The first-order valence-electron chi connectivity index (χ1n) is 6.76. The van der Waals surface area contributed by atoms with Gasteiger partial charge in [0.1, 0.15) is 6.07 Å². The van der Waals surface area contributed by atoms with Gasteiger partial charge < -0.3 is 10.4 Å². The molecule has 1 aliphatic carbocycles. The average molecular weight is 351 g/mol. The molecule has 1 aromatic rings. The van der Waals surface area contributed by atoms with Gasteiger partial charge in [-0.15, -0.1) is 0 Å². The summed E-state index contributed by atoms with van der Waals surface area (Å²) in [5.41, 5.74) is 0.765. The summed E-state index contributed by atoms with van der Waals surface area (Å²) in [6, 6.07) is 6.98. The first-order valence-corrected chi connectivity index (χ1v) is 7.55. The predicted octanol–water partition coefficient (Wildman–Crippen LogP) is 3.15. The standard InChI is InChI=1S/C15H15BrN2O3/c16-10-6-5-9(8-17)13(7-10)18-14(19)11-3-1-2-4-12(11)15(20)21/h5-7,11-12H,1-4H2,(H,18,19)(H,20,21). The molecule has 5 nitrogen and oxygen atoms in total. The summed E-state index contributed by atoms with van der Waals surface area (Å²) in [4.78, 5) is 23.6. The number of hydrogen-bond donors (Lipinski definition) is 2. The number of nitriles is 1. The molecule has 1 aliphatic rings. The van der Waals surface area contributed by atoms with Crippen LogP contribution in [0.15, 0.2) is 22.7 Å². The van der Waals surface area contributed by atoms with Crippen molar-refractivity contribution in [3.05, 3.63) is 28.2 Å². The number of carbonyl (C=O) groups excluding carboxylic acids is 1. The van der Waals surface area contributed by atoms with Gasteiger partial charge in [0.25, 0.3) is 0 Å². The Morgan fingerprint density at radius 1 is 1.29 bits per heavy atom. The van der Waals surface area contributed by atoms with Gasteiger partial charge in [0, 0.05) is 4.47 Å². The Labute approximate surface area is 131 Å². The Balaban J connectivity index is 2.19. The van der Waals surface area contributed by atoms with Crippen LogP contribution in [0.3, 0.4) is 0 Å². The van der Waals surface area contributed by atoms with Crippen LogP contribution in [0.25, 0.3) is 0 Å². The second-order valence-electron chi connectivity index (χ2n) is 5.13. The molecule has 0 aromatic heterocycles. The van der Waals surface area contributed by atoms with Gasteiger partial charge in [-0.05, 0) is 31.0 Å². The normalized spacial score (nSPS) is 21.3. The molecule has 0 spiro atoms. The van der Waals surface area contributed by atoms with Crippen LogP contribution in [-0.4, -0.2) is 17.0 Å². The van der Waals surface area contributed by atoms with Crippen molar-refractivity contribution in [2.75, 3.05) is 5.32 Å². The predicted molar refractivity (Wildman–Crippen MR) is 80.6 cm³/mol. The number of rotatable bonds is 3. The highest BCUT2D eigenvalue weighted by Gasteiger charge is 2.35. The molecule has 0 aliphatic heterocycles. The highest BCUT2D eigenvalue weighted by Crippen LogP contribution is 2.32. The van der Waals surface area contributed by atoms with E-state index in [1.54, 1.807) is 18.2 Å². The van der Waals surface area contributed by atoms with Crippen LogP contribution in [0.2, 0.25) is 0 Å². The zero-order valence-electron chi connectivity index (χ0n) is 11.3. The SMILES string of the molecule is N#Cc1ccc(Br)cc1NC(=O)C1CCCCC1C(=O)O. The summed E-state index contributed by atoms with van der Waals surface area (Å²) in [5.74, 6) is -2.43. The fraction of sp³-hybridized carbons (Fsp3) is 0.400. The molecule has 1 fully saturated rings. The zero-order valence-corrected chi connectivity index (χ0v) is 12.9. The number of benzene rings is 1. The van der Waals surface area contributed by atoms with Crippen LogP contribution < -0.4 is 5.32 Å². The Kier molecular flexibility index (Phi) is 4.97. The van der Waals surface area contributed by atoms with Gasteiger partial charge in [-0.1, -0.05) is 28.8 Å². The zero-order chi connectivity index (χ0) is 15.4. The number of amides is 1. The maximum Gasteiger partial charge on any atom is 0.307 e. The minimum Gasteiger partial charge on any atom is -0.481 e. The minimum atomic E-state index is -0.926. The van der Waals surface area contributed by atoms with E-state index in [1.807, 2.05) is 6.07 Å². The van der Waals surface area contributed by atoms with E-state index in [2.05, 4.69) is 21.2 Å². The van der Waals surface area contributed by atoms with Crippen molar-refractivity contribution in [1.29, 1.82) is 5.26 Å². The fourth-order valence-electron chi connectivity index (χ4n) is 2.68. The van der Waals surface area contributed by atoms with Crippen LogP contribution >= 0.6 is 15.9 Å². The van der Waals surface area contributed by atoms with Crippen LogP contribution in [0.4, 0.5) is 5.69 Å². The van der Waals surface area contributed by atoms with Crippen molar-refractivity contribution in [1.82, 2.24) is 0 Å². The van der Waals surface area contributed by atoms with Gasteiger partial charge in [0.2, 0.25) is 5.91 Å². The molecule has 2 unspecified atom stereocenters. The van der Waals surface area contributed by atoms with Gasteiger partial charge in [0.15, 0.2) is 0 Å². The number of carboxylic acid groups (broad SMARTS) is 1. The second-order valence-corrected chi connectivity index (χ2v) is 6.04. The Morgan fingerprint density at radius 2 is 1.95 bits per heavy atom. The summed E-state index contributed by atoms with van der Waals surface area (Å²) in [5, 5.41) is 21.0. The molecule has 0 saturated heterocycles. The van der Waals surface area contributed by atoms with Crippen molar-refractivity contribution in [2.24, 2.45) is 11.8 Å². The van der Waals surface area contributed by atoms with Crippen molar-refractivity contribution < 1.29 is 14.7 Å². The highest BCUT2D eigenvalue weighted by molar-refractivity contribution is 9.10. The molecular formula is C15H15BrN2O3. The average Bonchev–Trinajstić information content (AvgIpc) is 2.47. The van der Waals surface area contributed by atoms with Gasteiger partial charge in [-0.3, -0.25) is 9.59 Å². The fourth-order valence-corrected chi connectivity index (χ4v) is 3.04. The number of nitrogens with one attached hydrogen (secondary N) is 1. The smallest absolute Gasteiger partial charge is 0.307 e. The molecular weight excluding hydrogens is 336 g/mol. The monoisotopic (exact) mass is 350 g/mol. The molecule has 6 heteroatoms. The van der Waals surface area contributed by atoms with E-state index < -0.39 is 17.8 Å². The van der Waals surface area contributed by atoms with E-state index in [4.69, 9.17) is 5.26 Å². The molecule has 2 N–H and O–H groups in total. The van der Waals surface area contributed by atoms with Gasteiger partial charge >= 0.3 is 5.97 Å². The summed E-state index contributed by atoms with van der Waals surface area (Å²) in [6.07, 6.45) is 2.78. The summed E-state index contributed by atoms with van der Waals surface area (Å²) < 4.78 is 0.746. The van der Waals surface area contributed by atoms with E-state index in [0.29, 0.717) is 24.1 Å². The lowest BCUT2D eigenvalue weighted by Crippen LogP contribution is -2.36. The molecule has 2 rings (SSSR count). The van der Waals surface area contributed by atoms with Crippen LogP contribution in [0.5, 0.6) is 0 Å². The maximum absolute atomic E-state index is 12.4. The number of aliphatic carboxylic acids is 1. The molecule has 110 valence electrons. The Hall–Kier alpha value is -1.87. The largest absolute Gasteiger partial charge is 0.481 e. The molecule has 1 amide bonds. The molecule has 2 atom stereocenters. The highest BCUT2D eigenvalue weighted by atomic mass is 79.9. The number of hydrogen-bond acceptors (Lipinski definition) is 3. The van der Waals surface area contributed by atoms with Crippen LogP contribution in [-0.2, 0) is 9.59 Å². The lowest BCUT2D eigenvalue weighted by molar-refractivity contribution is -0.147. The third-order valence-corrected chi connectivity index (χ3v) is 4.27. The molecule has 0 bridgehead atoms. The van der Waals surface area contributed by atoms with Crippen LogP contribution in [0.1, 0.15) is 31.2 Å². The Bertz CT molecular complexity index is 609. The Morgan fingerprint density at radius 3 is 2.57 bits per heavy atom. The van der Waals surface area contributed by atoms with Gasteiger partial charge in [0.05, 0.1) is 23.1 Å². The quantitative estimate of drug-likeness (QED) is 0.875. The third-order valence-electron chi connectivity index (χ3n) is 3.78. The minimum absolute atomic E-state index is 0.322. The lowest BCUT2D eigenvalue weighted by atomic mass is 9.78. The van der Waals surface area contributed by atoms with E-state index in [0.717, 1.165) is 17.3 Å². The summed E-state index contributed by atoms with van der Waals surface area (Å²) in [7, 11) is 0. The molecule has 0 radical (unpaired) electrons. The number of carboxylic acids is 1. The van der Waals surface area contributed by atoms with E-state index >= 15 is 0 Å². The van der Waals surface area contributed by atoms with E-state index in [1.165, 1.54) is 0 Å². The van der Waals surface area contributed by atoms with Crippen LogP contribution in [0, 0.1) is 23.2 Å². The second kappa shape index (κ2) is 6.72. The van der Waals surface area contributed by atoms with Crippen molar-refractivity contribution in [2.45, 2.75) is 25.7 Å². The molecule has 0 heterocycles. The van der Waals surface area contributed by atoms with Crippen molar-refractivity contribution >= 4 is 33.5 Å². The van der Waals surface area contributed by atoms with Gasteiger partial charge in [-0.2, -0.15) is 5.26 Å². The van der Waals surface area contributed by atoms with Gasteiger partial charge in [-0.25, -0.2) is 0 Å². The third kappa shape index (κ3) is 3.61. The maximum atomic E-state index is 12.4. The summed E-state index contributed by atoms with van der Waals surface area (Å²) >= 11 is 3.29.